The lowest BCUT2D eigenvalue weighted by atomic mass is 9.96. The first-order valence-electron chi connectivity index (χ1n) is 12.3. The van der Waals surface area contributed by atoms with Crippen molar-refractivity contribution in [1.82, 2.24) is 9.13 Å². The second-order valence-corrected chi connectivity index (χ2v) is 10.8. The fraction of sp³-hybridized carbons (Fsp3) is 0.276. The van der Waals surface area contributed by atoms with Gasteiger partial charge in [0, 0.05) is 40.8 Å². The van der Waals surface area contributed by atoms with Gasteiger partial charge >= 0.3 is 5.97 Å². The summed E-state index contributed by atoms with van der Waals surface area (Å²) in [7, 11) is 1.54. The van der Waals surface area contributed by atoms with E-state index in [4.69, 9.17) is 21.1 Å². The Kier molecular flexibility index (Phi) is 7.38. The zero-order valence-electron chi connectivity index (χ0n) is 21.6. The molecule has 0 amide bonds. The molecule has 9 heteroatoms. The number of carbonyl (C=O) groups excluding carboxylic acids is 1. The standard InChI is InChI=1S/C29H28ClN3O4S/c1-17(2)32-16-20(22-7-5-6-8-23(22)32)15-24-27(34)33-26(19-9-11-21(30)12-10-19)25(18(3)31-29(33)38-24)28(35)37-14-13-36-4/h5-12,15-17,26H,13-14H2,1-4H3. The Morgan fingerprint density at radius 2 is 1.89 bits per heavy atom. The smallest absolute Gasteiger partial charge is 0.338 e. The number of nitrogens with zero attached hydrogens (tertiary/aromatic N) is 3. The van der Waals surface area contributed by atoms with Crippen LogP contribution in [0.1, 0.15) is 44.0 Å². The van der Waals surface area contributed by atoms with Crippen molar-refractivity contribution in [2.24, 2.45) is 4.99 Å². The number of esters is 1. The summed E-state index contributed by atoms with van der Waals surface area (Å²) in [6.07, 6.45) is 3.99. The maximum Gasteiger partial charge on any atom is 0.338 e. The monoisotopic (exact) mass is 549 g/mol. The number of hydrogen-bond acceptors (Lipinski definition) is 6. The van der Waals surface area contributed by atoms with Gasteiger partial charge in [-0.2, -0.15) is 0 Å². The number of para-hydroxylation sites is 1. The lowest BCUT2D eigenvalue weighted by Gasteiger charge is -2.24. The summed E-state index contributed by atoms with van der Waals surface area (Å²) in [4.78, 5) is 32.4. The van der Waals surface area contributed by atoms with Crippen LogP contribution in [0.15, 0.2) is 75.8 Å². The zero-order chi connectivity index (χ0) is 27.0. The summed E-state index contributed by atoms with van der Waals surface area (Å²) in [5.74, 6) is -0.530. The Labute approximate surface area is 228 Å². The number of rotatable bonds is 7. The molecule has 0 radical (unpaired) electrons. The minimum Gasteiger partial charge on any atom is -0.460 e. The van der Waals surface area contributed by atoms with Crippen molar-refractivity contribution in [2.45, 2.75) is 32.9 Å². The molecular weight excluding hydrogens is 522 g/mol. The molecule has 2 aromatic heterocycles. The third-order valence-corrected chi connectivity index (χ3v) is 7.80. The maximum atomic E-state index is 13.9. The average molecular weight is 550 g/mol. The van der Waals surface area contributed by atoms with E-state index in [1.165, 1.54) is 11.3 Å². The molecule has 1 unspecified atom stereocenters. The number of allylic oxidation sites excluding steroid dienone is 1. The van der Waals surface area contributed by atoms with Gasteiger partial charge in [0.25, 0.3) is 5.56 Å². The predicted octanol–water partition coefficient (Wildman–Crippen LogP) is 4.61. The normalized spacial score (nSPS) is 15.7. The van der Waals surface area contributed by atoms with Crippen LogP contribution in [-0.4, -0.2) is 35.4 Å². The van der Waals surface area contributed by atoms with Gasteiger partial charge < -0.3 is 14.0 Å². The molecule has 5 rings (SSSR count). The molecule has 38 heavy (non-hydrogen) atoms. The van der Waals surface area contributed by atoms with E-state index in [9.17, 15) is 9.59 Å². The van der Waals surface area contributed by atoms with Gasteiger partial charge in [-0.25, -0.2) is 9.79 Å². The summed E-state index contributed by atoms with van der Waals surface area (Å²) in [6.45, 7) is 6.40. The van der Waals surface area contributed by atoms with E-state index in [0.29, 0.717) is 25.6 Å². The van der Waals surface area contributed by atoms with Crippen molar-refractivity contribution in [1.29, 1.82) is 0 Å². The van der Waals surface area contributed by atoms with Gasteiger partial charge in [0.15, 0.2) is 4.80 Å². The number of aromatic nitrogens is 2. The van der Waals surface area contributed by atoms with Crippen LogP contribution < -0.4 is 14.9 Å². The van der Waals surface area contributed by atoms with Crippen molar-refractivity contribution in [3.05, 3.63) is 102 Å². The minimum atomic E-state index is -0.697. The second-order valence-electron chi connectivity index (χ2n) is 9.36. The zero-order valence-corrected chi connectivity index (χ0v) is 23.2. The fourth-order valence-electron chi connectivity index (χ4n) is 4.75. The van der Waals surface area contributed by atoms with Crippen molar-refractivity contribution in [3.8, 4) is 0 Å². The topological polar surface area (TPSA) is 74.8 Å². The Bertz CT molecular complexity index is 1730. The Morgan fingerprint density at radius 3 is 2.61 bits per heavy atom. The molecular formula is C29H28ClN3O4S. The van der Waals surface area contributed by atoms with E-state index in [2.05, 4.69) is 41.7 Å². The molecule has 1 aliphatic heterocycles. The SMILES string of the molecule is COCCOC(=O)C1=C(C)N=c2sc(=Cc3cn(C(C)C)c4ccccc34)c(=O)n2C1c1ccc(Cl)cc1. The quantitative estimate of drug-likeness (QED) is 0.249. The Balaban J connectivity index is 1.69. The molecule has 1 atom stereocenters. The summed E-state index contributed by atoms with van der Waals surface area (Å²) in [5, 5.41) is 1.63. The molecule has 0 N–H and O–H groups in total. The second kappa shape index (κ2) is 10.7. The fourth-order valence-corrected chi connectivity index (χ4v) is 5.92. The van der Waals surface area contributed by atoms with Gasteiger partial charge in [-0.3, -0.25) is 9.36 Å². The highest BCUT2D eigenvalue weighted by Crippen LogP contribution is 2.31. The number of benzene rings is 2. The highest BCUT2D eigenvalue weighted by molar-refractivity contribution is 7.07. The third-order valence-electron chi connectivity index (χ3n) is 6.56. The number of hydrogen-bond donors (Lipinski definition) is 0. The minimum absolute atomic E-state index is 0.101. The molecule has 196 valence electrons. The summed E-state index contributed by atoms with van der Waals surface area (Å²) in [6, 6.07) is 14.9. The van der Waals surface area contributed by atoms with Gasteiger partial charge in [-0.15, -0.1) is 0 Å². The lowest BCUT2D eigenvalue weighted by Crippen LogP contribution is -2.40. The van der Waals surface area contributed by atoms with Crippen LogP contribution in [0.25, 0.3) is 17.0 Å². The predicted molar refractivity (Wildman–Crippen MR) is 150 cm³/mol. The molecule has 0 spiro atoms. The molecule has 3 heterocycles. The van der Waals surface area contributed by atoms with E-state index in [1.807, 2.05) is 30.3 Å². The first-order chi connectivity index (χ1) is 18.3. The Morgan fingerprint density at radius 1 is 1.16 bits per heavy atom. The van der Waals surface area contributed by atoms with Crippen LogP contribution in [0.3, 0.4) is 0 Å². The summed E-state index contributed by atoms with van der Waals surface area (Å²) < 4.78 is 14.8. The van der Waals surface area contributed by atoms with E-state index in [-0.39, 0.29) is 24.8 Å². The number of thiazole rings is 1. The number of carbonyl (C=O) groups is 1. The lowest BCUT2D eigenvalue weighted by molar-refractivity contribution is -0.140. The van der Waals surface area contributed by atoms with Gasteiger partial charge in [0.1, 0.15) is 6.61 Å². The molecule has 2 aromatic carbocycles. The average Bonchev–Trinajstić information content (AvgIpc) is 3.41. The van der Waals surface area contributed by atoms with Crippen molar-refractivity contribution >= 4 is 45.9 Å². The molecule has 1 aliphatic rings. The van der Waals surface area contributed by atoms with Crippen LogP contribution in [0.2, 0.25) is 5.02 Å². The van der Waals surface area contributed by atoms with Crippen molar-refractivity contribution in [3.63, 3.8) is 0 Å². The highest BCUT2D eigenvalue weighted by atomic mass is 35.5. The van der Waals surface area contributed by atoms with E-state index < -0.39 is 12.0 Å². The molecule has 7 nitrogen and oxygen atoms in total. The molecule has 0 saturated heterocycles. The molecule has 0 fully saturated rings. The summed E-state index contributed by atoms with van der Waals surface area (Å²) in [5.41, 5.74) is 3.42. The number of halogens is 1. The van der Waals surface area contributed by atoms with Crippen molar-refractivity contribution < 1.29 is 14.3 Å². The van der Waals surface area contributed by atoms with E-state index >= 15 is 0 Å². The van der Waals surface area contributed by atoms with Crippen molar-refractivity contribution in [2.75, 3.05) is 20.3 Å². The van der Waals surface area contributed by atoms with Gasteiger partial charge in [-0.05, 0) is 50.6 Å². The maximum absolute atomic E-state index is 13.9. The Hall–Kier alpha value is -3.46. The van der Waals surface area contributed by atoms with Gasteiger partial charge in [0.05, 0.1) is 28.5 Å². The number of ether oxygens (including phenoxy) is 2. The van der Waals surface area contributed by atoms with Crippen LogP contribution in [0.5, 0.6) is 0 Å². The van der Waals surface area contributed by atoms with Crippen LogP contribution >= 0.6 is 22.9 Å². The number of fused-ring (bicyclic) bond motifs is 2. The van der Waals surface area contributed by atoms with E-state index in [1.54, 1.807) is 30.7 Å². The number of methoxy groups -OCH3 is 1. The third kappa shape index (κ3) is 4.75. The molecule has 0 aliphatic carbocycles. The molecule has 0 bridgehead atoms. The first kappa shape index (κ1) is 26.2. The van der Waals surface area contributed by atoms with Gasteiger partial charge in [0.2, 0.25) is 0 Å². The largest absolute Gasteiger partial charge is 0.460 e. The first-order valence-corrected chi connectivity index (χ1v) is 13.5. The molecule has 4 aromatic rings. The van der Waals surface area contributed by atoms with Crippen LogP contribution in [0.4, 0.5) is 0 Å². The van der Waals surface area contributed by atoms with E-state index in [0.717, 1.165) is 22.0 Å². The van der Waals surface area contributed by atoms with Gasteiger partial charge in [-0.1, -0.05) is 53.3 Å². The summed E-state index contributed by atoms with van der Waals surface area (Å²) >= 11 is 7.46. The van der Waals surface area contributed by atoms with Crippen LogP contribution in [-0.2, 0) is 14.3 Å². The highest BCUT2D eigenvalue weighted by Gasteiger charge is 2.33. The molecule has 0 saturated carbocycles. The van der Waals surface area contributed by atoms with Crippen LogP contribution in [0, 0.1) is 0 Å².